The second-order valence-electron chi connectivity index (χ2n) is 2.28. The maximum Gasteiger partial charge on any atom is 0.237 e. The Morgan fingerprint density at radius 2 is 2.20 bits per heavy atom. The number of rotatable bonds is 4. The van der Waals surface area contributed by atoms with Gasteiger partial charge in [-0.15, -0.1) is 0 Å². The molecule has 1 amide bonds. The lowest BCUT2D eigenvalue weighted by Gasteiger charge is -2.13. The number of aliphatic hydroxyl groups is 1. The van der Waals surface area contributed by atoms with Gasteiger partial charge in [-0.1, -0.05) is 13.3 Å². The van der Waals surface area contributed by atoms with E-state index in [1.54, 1.807) is 0 Å². The Bertz CT molecular complexity index is 116. The van der Waals surface area contributed by atoms with Crippen molar-refractivity contribution >= 4 is 5.91 Å². The molecule has 60 valence electrons. The zero-order valence-corrected chi connectivity index (χ0v) is 6.08. The summed E-state index contributed by atoms with van der Waals surface area (Å²) in [4.78, 5) is 10.4. The van der Waals surface area contributed by atoms with Crippen LogP contribution < -0.4 is 11.5 Å². The summed E-state index contributed by atoms with van der Waals surface area (Å²) >= 11 is 0. The molecule has 0 rings (SSSR count). The van der Waals surface area contributed by atoms with Crippen LogP contribution in [0.3, 0.4) is 0 Å². The predicted molar refractivity (Wildman–Crippen MR) is 38.1 cm³/mol. The molecule has 0 aliphatic carbocycles. The second-order valence-corrected chi connectivity index (χ2v) is 2.28. The van der Waals surface area contributed by atoms with Crippen LogP contribution in [-0.4, -0.2) is 23.2 Å². The second kappa shape index (κ2) is 4.24. The first-order valence-corrected chi connectivity index (χ1v) is 3.32. The van der Waals surface area contributed by atoms with E-state index in [9.17, 15) is 4.79 Å². The van der Waals surface area contributed by atoms with E-state index in [1.165, 1.54) is 0 Å². The van der Waals surface area contributed by atoms with Crippen LogP contribution in [0.2, 0.25) is 0 Å². The number of carbonyl (C=O) groups excluding carboxylic acids is 1. The third-order valence-corrected chi connectivity index (χ3v) is 1.33. The molecule has 0 saturated carbocycles. The van der Waals surface area contributed by atoms with Crippen molar-refractivity contribution in [2.75, 3.05) is 0 Å². The molecule has 0 aromatic heterocycles. The monoisotopic (exact) mass is 146 g/mol. The first-order valence-electron chi connectivity index (χ1n) is 3.32. The molecular weight excluding hydrogens is 132 g/mol. The van der Waals surface area contributed by atoms with Crippen LogP contribution >= 0.6 is 0 Å². The lowest BCUT2D eigenvalue weighted by atomic mass is 10.1. The molecule has 4 nitrogen and oxygen atoms in total. The molecule has 0 aromatic rings. The van der Waals surface area contributed by atoms with E-state index in [4.69, 9.17) is 16.6 Å². The fraction of sp³-hybridized carbons (Fsp3) is 0.833. The quantitative estimate of drug-likeness (QED) is 0.473. The molecule has 10 heavy (non-hydrogen) atoms. The molecule has 4 heteroatoms. The molecule has 0 aromatic carbocycles. The summed E-state index contributed by atoms with van der Waals surface area (Å²) < 4.78 is 0. The minimum atomic E-state index is -0.917. The topological polar surface area (TPSA) is 89.3 Å². The van der Waals surface area contributed by atoms with Crippen molar-refractivity contribution in [1.29, 1.82) is 0 Å². The fourth-order valence-corrected chi connectivity index (χ4v) is 0.665. The lowest BCUT2D eigenvalue weighted by Crippen LogP contribution is -2.45. The van der Waals surface area contributed by atoms with Crippen LogP contribution in [0, 0.1) is 0 Å². The van der Waals surface area contributed by atoms with Crippen LogP contribution in [0.4, 0.5) is 0 Å². The van der Waals surface area contributed by atoms with Crippen molar-refractivity contribution in [2.24, 2.45) is 11.5 Å². The maximum absolute atomic E-state index is 10.4. The maximum atomic E-state index is 10.4. The van der Waals surface area contributed by atoms with E-state index >= 15 is 0 Å². The number of hydrogen-bond donors (Lipinski definition) is 3. The molecule has 0 aliphatic heterocycles. The van der Waals surface area contributed by atoms with E-state index in [0.29, 0.717) is 6.42 Å². The zero-order valence-electron chi connectivity index (χ0n) is 6.08. The predicted octanol–water partition coefficient (Wildman–Crippen LogP) is -1.04. The van der Waals surface area contributed by atoms with Gasteiger partial charge in [0.2, 0.25) is 5.91 Å². The Morgan fingerprint density at radius 1 is 1.70 bits per heavy atom. The van der Waals surface area contributed by atoms with Crippen molar-refractivity contribution in [3.05, 3.63) is 0 Å². The van der Waals surface area contributed by atoms with Gasteiger partial charge in [-0.25, -0.2) is 0 Å². The van der Waals surface area contributed by atoms with E-state index in [2.05, 4.69) is 0 Å². The van der Waals surface area contributed by atoms with Crippen molar-refractivity contribution in [2.45, 2.75) is 31.9 Å². The summed E-state index contributed by atoms with van der Waals surface area (Å²) in [5.41, 5.74) is 10.1. The summed E-state index contributed by atoms with van der Waals surface area (Å²) in [5.74, 6) is -0.652. The van der Waals surface area contributed by atoms with Gasteiger partial charge in [0.15, 0.2) is 0 Å². The molecule has 0 aliphatic rings. The summed E-state index contributed by atoms with van der Waals surface area (Å²) in [6, 6.07) is -0.917. The highest BCUT2D eigenvalue weighted by atomic mass is 16.3. The molecule has 0 heterocycles. The van der Waals surface area contributed by atoms with Gasteiger partial charge in [-0.2, -0.15) is 0 Å². The lowest BCUT2D eigenvalue weighted by molar-refractivity contribution is -0.121. The molecular formula is C6H14N2O2. The molecule has 5 N–H and O–H groups in total. The van der Waals surface area contributed by atoms with Gasteiger partial charge >= 0.3 is 0 Å². The van der Waals surface area contributed by atoms with Gasteiger partial charge in [0.05, 0.1) is 6.10 Å². The first-order chi connectivity index (χ1) is 4.59. The highest BCUT2D eigenvalue weighted by Crippen LogP contribution is 1.98. The Hall–Kier alpha value is -0.610. The van der Waals surface area contributed by atoms with Crippen molar-refractivity contribution in [1.82, 2.24) is 0 Å². The fourth-order valence-electron chi connectivity index (χ4n) is 0.665. The first kappa shape index (κ1) is 9.39. The highest BCUT2D eigenvalue weighted by Gasteiger charge is 2.18. The summed E-state index contributed by atoms with van der Waals surface area (Å²) in [6.07, 6.45) is 0.522. The van der Waals surface area contributed by atoms with Gasteiger partial charge in [0.25, 0.3) is 0 Å². The van der Waals surface area contributed by atoms with Crippen LogP contribution in [-0.2, 0) is 4.79 Å². The Balaban J connectivity index is 3.69. The Kier molecular flexibility index (Phi) is 3.99. The van der Waals surface area contributed by atoms with E-state index < -0.39 is 18.1 Å². The average Bonchev–Trinajstić information content (AvgIpc) is 1.87. The molecule has 0 bridgehead atoms. The van der Waals surface area contributed by atoms with Crippen LogP contribution in [0.25, 0.3) is 0 Å². The number of aliphatic hydroxyl groups excluding tert-OH is 1. The third kappa shape index (κ3) is 2.80. The largest absolute Gasteiger partial charge is 0.391 e. The minimum Gasteiger partial charge on any atom is -0.391 e. The molecule has 0 saturated heterocycles. The van der Waals surface area contributed by atoms with Crippen LogP contribution in [0.5, 0.6) is 0 Å². The number of hydrogen-bond acceptors (Lipinski definition) is 3. The standard InChI is InChI=1S/C6H14N2O2/c1-2-3-4(9)5(7)6(8)10/h4-5,9H,2-3,7H2,1H3,(H2,8,10)/t4-,5-/m0/s1. The third-order valence-electron chi connectivity index (χ3n) is 1.33. The normalized spacial score (nSPS) is 16.3. The number of primary amides is 1. The van der Waals surface area contributed by atoms with Gasteiger partial charge < -0.3 is 16.6 Å². The molecule has 2 atom stereocenters. The van der Waals surface area contributed by atoms with E-state index in [0.717, 1.165) is 6.42 Å². The van der Waals surface area contributed by atoms with Gasteiger partial charge in [-0.05, 0) is 6.42 Å². The molecule has 0 unspecified atom stereocenters. The molecule has 0 fully saturated rings. The number of amides is 1. The van der Waals surface area contributed by atoms with Crippen LogP contribution in [0.15, 0.2) is 0 Å². The number of carbonyl (C=O) groups is 1. The molecule has 0 radical (unpaired) electrons. The van der Waals surface area contributed by atoms with Crippen LogP contribution in [0.1, 0.15) is 19.8 Å². The summed E-state index contributed by atoms with van der Waals surface area (Å²) in [6.45, 7) is 1.90. The summed E-state index contributed by atoms with van der Waals surface area (Å²) in [5, 5.41) is 9.06. The van der Waals surface area contributed by atoms with Crippen molar-refractivity contribution in [3.63, 3.8) is 0 Å². The summed E-state index contributed by atoms with van der Waals surface area (Å²) in [7, 11) is 0. The minimum absolute atomic E-state index is 0.518. The smallest absolute Gasteiger partial charge is 0.237 e. The average molecular weight is 146 g/mol. The Labute approximate surface area is 60.2 Å². The van der Waals surface area contributed by atoms with Gasteiger partial charge in [-0.3, -0.25) is 4.79 Å². The van der Waals surface area contributed by atoms with E-state index in [-0.39, 0.29) is 0 Å². The highest BCUT2D eigenvalue weighted by molar-refractivity contribution is 5.80. The zero-order chi connectivity index (χ0) is 8.15. The van der Waals surface area contributed by atoms with Gasteiger partial charge in [0.1, 0.15) is 6.04 Å². The van der Waals surface area contributed by atoms with E-state index in [1.807, 2.05) is 6.92 Å². The SMILES string of the molecule is CCC[C@H](O)[C@H](N)C(N)=O. The van der Waals surface area contributed by atoms with Crippen molar-refractivity contribution in [3.8, 4) is 0 Å². The van der Waals surface area contributed by atoms with Crippen molar-refractivity contribution < 1.29 is 9.90 Å². The van der Waals surface area contributed by atoms with Gasteiger partial charge in [0, 0.05) is 0 Å². The molecule has 0 spiro atoms. The number of nitrogens with two attached hydrogens (primary N) is 2. The Morgan fingerprint density at radius 3 is 2.50 bits per heavy atom.